The topological polar surface area (TPSA) is 73.2 Å². The van der Waals surface area contributed by atoms with E-state index in [9.17, 15) is 8.42 Å². The maximum Gasteiger partial charge on any atom is 0.283 e. The molecule has 7 heteroatoms. The highest BCUT2D eigenvalue weighted by atomic mass is 32.2. The Morgan fingerprint density at radius 3 is 2.58 bits per heavy atom. The summed E-state index contributed by atoms with van der Waals surface area (Å²) in [7, 11) is -2.30. The fourth-order valence-corrected chi connectivity index (χ4v) is 5.31. The number of nitrogens with zero attached hydrogens (tertiary/aromatic N) is 2. The normalized spacial score (nSPS) is 12.6. The van der Waals surface area contributed by atoms with Gasteiger partial charge >= 0.3 is 0 Å². The molecule has 1 aliphatic heterocycles. The van der Waals surface area contributed by atoms with E-state index in [0.717, 1.165) is 32.0 Å². The van der Waals surface area contributed by atoms with Crippen LogP contribution in [0.5, 0.6) is 5.75 Å². The average Bonchev–Trinajstić information content (AvgIpc) is 3.25. The van der Waals surface area contributed by atoms with Crippen molar-refractivity contribution in [3.63, 3.8) is 0 Å². The third-order valence-corrected chi connectivity index (χ3v) is 7.04. The molecule has 0 fully saturated rings. The van der Waals surface area contributed by atoms with Crippen molar-refractivity contribution in [2.45, 2.75) is 18.4 Å². The van der Waals surface area contributed by atoms with Crippen LogP contribution in [0.3, 0.4) is 0 Å². The summed E-state index contributed by atoms with van der Waals surface area (Å²) in [4.78, 5) is 0.234. The first-order chi connectivity index (χ1) is 15.0. The second-order valence-electron chi connectivity index (χ2n) is 7.51. The van der Waals surface area contributed by atoms with Crippen molar-refractivity contribution in [3.8, 4) is 28.1 Å². The minimum absolute atomic E-state index is 0.234. The third kappa shape index (κ3) is 3.27. The van der Waals surface area contributed by atoms with Crippen LogP contribution in [0.4, 0.5) is 5.69 Å². The highest BCUT2D eigenvalue weighted by Crippen LogP contribution is 2.38. The molecule has 31 heavy (non-hydrogen) atoms. The molecule has 0 amide bonds. The summed E-state index contributed by atoms with van der Waals surface area (Å²) in [5.74, 6) is 0.691. The quantitative estimate of drug-likeness (QED) is 0.507. The summed E-state index contributed by atoms with van der Waals surface area (Å²) in [6, 6.07) is 20.6. The van der Waals surface area contributed by atoms with Gasteiger partial charge in [0.2, 0.25) is 0 Å². The molecule has 1 aliphatic rings. The summed E-state index contributed by atoms with van der Waals surface area (Å²) < 4.78 is 33.8. The molecule has 1 N–H and O–H groups in total. The fourth-order valence-electron chi connectivity index (χ4n) is 3.86. The van der Waals surface area contributed by atoms with E-state index in [-0.39, 0.29) is 4.90 Å². The molecule has 3 aromatic carbocycles. The first-order valence-electron chi connectivity index (χ1n) is 9.90. The highest BCUT2D eigenvalue weighted by Gasteiger charge is 2.27. The maximum absolute atomic E-state index is 13.7. The molecule has 0 radical (unpaired) electrons. The molecule has 5 rings (SSSR count). The minimum atomic E-state index is -3.91. The van der Waals surface area contributed by atoms with Gasteiger partial charge in [-0.05, 0) is 42.3 Å². The summed E-state index contributed by atoms with van der Waals surface area (Å²) in [6.07, 6.45) is 1.59. The van der Waals surface area contributed by atoms with Crippen molar-refractivity contribution >= 4 is 15.7 Å². The van der Waals surface area contributed by atoms with Gasteiger partial charge < -0.3 is 10.1 Å². The van der Waals surface area contributed by atoms with E-state index in [0.29, 0.717) is 23.6 Å². The molecule has 2 heterocycles. The van der Waals surface area contributed by atoms with E-state index < -0.39 is 10.0 Å². The number of aryl methyl sites for hydroxylation is 1. The van der Waals surface area contributed by atoms with Crippen LogP contribution in [0.1, 0.15) is 11.1 Å². The molecular formula is C24H21N3O3S. The Morgan fingerprint density at radius 1 is 1.00 bits per heavy atom. The SMILES string of the molecule is COc1ccc2c(c1)-c1nn(S(=O)(=O)c3cc(C)ccc3-c3ccccc3)cc1CN2. The van der Waals surface area contributed by atoms with Gasteiger partial charge in [0.05, 0.1) is 12.0 Å². The van der Waals surface area contributed by atoms with Crippen molar-refractivity contribution in [2.75, 3.05) is 12.4 Å². The van der Waals surface area contributed by atoms with Crippen LogP contribution >= 0.6 is 0 Å². The Hall–Kier alpha value is -3.58. The van der Waals surface area contributed by atoms with Crippen LogP contribution < -0.4 is 10.1 Å². The fraction of sp³-hybridized carbons (Fsp3) is 0.125. The summed E-state index contributed by atoms with van der Waals surface area (Å²) in [5, 5.41) is 7.83. The molecule has 156 valence electrons. The van der Waals surface area contributed by atoms with Gasteiger partial charge in [0.15, 0.2) is 0 Å². The van der Waals surface area contributed by atoms with E-state index in [1.807, 2.05) is 67.6 Å². The molecule has 0 saturated heterocycles. The molecule has 0 aliphatic carbocycles. The lowest BCUT2D eigenvalue weighted by Crippen LogP contribution is -2.15. The smallest absolute Gasteiger partial charge is 0.283 e. The predicted molar refractivity (Wildman–Crippen MR) is 121 cm³/mol. The Morgan fingerprint density at radius 2 is 1.81 bits per heavy atom. The van der Waals surface area contributed by atoms with Crippen LogP contribution in [-0.2, 0) is 16.6 Å². The molecule has 0 atom stereocenters. The van der Waals surface area contributed by atoms with E-state index in [1.54, 1.807) is 19.4 Å². The molecule has 4 aromatic rings. The molecule has 0 saturated carbocycles. The molecule has 0 bridgehead atoms. The zero-order valence-corrected chi connectivity index (χ0v) is 18.0. The number of rotatable bonds is 4. The first kappa shape index (κ1) is 19.4. The third-order valence-electron chi connectivity index (χ3n) is 5.47. The minimum Gasteiger partial charge on any atom is -0.497 e. The number of anilines is 1. The Balaban J connectivity index is 1.66. The van der Waals surface area contributed by atoms with Crippen molar-refractivity contribution in [2.24, 2.45) is 0 Å². The number of hydrogen-bond acceptors (Lipinski definition) is 5. The van der Waals surface area contributed by atoms with Crippen LogP contribution in [-0.4, -0.2) is 24.7 Å². The van der Waals surface area contributed by atoms with E-state index >= 15 is 0 Å². The lowest BCUT2D eigenvalue weighted by Gasteiger charge is -2.17. The van der Waals surface area contributed by atoms with Crippen molar-refractivity contribution in [1.82, 2.24) is 9.19 Å². The van der Waals surface area contributed by atoms with Gasteiger partial charge in [-0.25, -0.2) is 0 Å². The zero-order valence-electron chi connectivity index (χ0n) is 17.2. The Kier molecular flexibility index (Phi) is 4.55. The predicted octanol–water partition coefficient (Wildman–Crippen LogP) is 4.70. The van der Waals surface area contributed by atoms with Crippen molar-refractivity contribution in [1.29, 1.82) is 0 Å². The monoisotopic (exact) mass is 431 g/mol. The van der Waals surface area contributed by atoms with Gasteiger partial charge in [0.25, 0.3) is 10.0 Å². The van der Waals surface area contributed by atoms with Crippen LogP contribution in [0.2, 0.25) is 0 Å². The van der Waals surface area contributed by atoms with Crippen LogP contribution in [0, 0.1) is 6.92 Å². The average molecular weight is 432 g/mol. The maximum atomic E-state index is 13.7. The molecule has 1 aromatic heterocycles. The number of ether oxygens (including phenoxy) is 1. The van der Waals surface area contributed by atoms with E-state index in [2.05, 4.69) is 10.4 Å². The Bertz CT molecular complexity index is 1390. The summed E-state index contributed by atoms with van der Waals surface area (Å²) in [6.45, 7) is 2.39. The standard InChI is InChI=1S/C24H21N3O3S/c1-16-8-10-20(17-6-4-3-5-7-17)23(12-16)31(28,29)27-15-18-14-25-22-11-9-19(30-2)13-21(22)24(18)26-27/h3-13,15,25H,14H2,1-2H3. The van der Waals surface area contributed by atoms with E-state index in [1.165, 1.54) is 0 Å². The number of aromatic nitrogens is 2. The summed E-state index contributed by atoms with van der Waals surface area (Å²) >= 11 is 0. The molecule has 6 nitrogen and oxygen atoms in total. The summed E-state index contributed by atoms with van der Waals surface area (Å²) in [5.41, 5.74) is 5.54. The number of methoxy groups -OCH3 is 1. The highest BCUT2D eigenvalue weighted by molar-refractivity contribution is 7.90. The number of hydrogen-bond donors (Lipinski definition) is 1. The van der Waals surface area contributed by atoms with Gasteiger partial charge in [0, 0.05) is 35.1 Å². The second kappa shape index (κ2) is 7.28. The lowest BCUT2D eigenvalue weighted by atomic mass is 10.0. The second-order valence-corrected chi connectivity index (χ2v) is 9.28. The van der Waals surface area contributed by atoms with Crippen molar-refractivity contribution < 1.29 is 13.2 Å². The van der Waals surface area contributed by atoms with Gasteiger partial charge in [-0.1, -0.05) is 42.5 Å². The lowest BCUT2D eigenvalue weighted by molar-refractivity contribution is 0.415. The molecule has 0 unspecified atom stereocenters. The largest absolute Gasteiger partial charge is 0.497 e. The Labute approximate surface area is 181 Å². The van der Waals surface area contributed by atoms with Crippen molar-refractivity contribution in [3.05, 3.63) is 84.1 Å². The van der Waals surface area contributed by atoms with Gasteiger partial charge in [-0.3, -0.25) is 0 Å². The van der Waals surface area contributed by atoms with Crippen LogP contribution in [0.25, 0.3) is 22.4 Å². The number of nitrogens with one attached hydrogen (secondary N) is 1. The zero-order chi connectivity index (χ0) is 21.6. The van der Waals surface area contributed by atoms with Crippen LogP contribution in [0.15, 0.2) is 77.8 Å². The van der Waals surface area contributed by atoms with E-state index in [4.69, 9.17) is 4.74 Å². The molecular weight excluding hydrogens is 410 g/mol. The van der Waals surface area contributed by atoms with Gasteiger partial charge in [-0.2, -0.15) is 17.6 Å². The van der Waals surface area contributed by atoms with Gasteiger partial charge in [0.1, 0.15) is 11.4 Å². The molecule has 0 spiro atoms. The number of benzene rings is 3. The number of fused-ring (bicyclic) bond motifs is 3. The first-order valence-corrected chi connectivity index (χ1v) is 11.3. The van der Waals surface area contributed by atoms with Gasteiger partial charge in [-0.15, -0.1) is 0 Å².